The number of rotatable bonds is 3. The highest BCUT2D eigenvalue weighted by atomic mass is 35.5. The summed E-state index contributed by atoms with van der Waals surface area (Å²) >= 11 is 6.03. The molecule has 0 bridgehead atoms. The number of aryl methyl sites for hydroxylation is 2. The van der Waals surface area contributed by atoms with Crippen molar-refractivity contribution in [2.45, 2.75) is 20.4 Å². The minimum Gasteiger partial charge on any atom is -0.323 e. The number of amides is 1. The quantitative estimate of drug-likeness (QED) is 0.942. The number of hydrogen-bond donors (Lipinski definition) is 1. The van der Waals surface area contributed by atoms with Crippen molar-refractivity contribution in [1.82, 2.24) is 9.78 Å². The van der Waals surface area contributed by atoms with Crippen molar-refractivity contribution in [3.8, 4) is 0 Å². The summed E-state index contributed by atoms with van der Waals surface area (Å²) in [6.45, 7) is 3.45. The van der Waals surface area contributed by atoms with E-state index in [1.165, 1.54) is 6.07 Å². The molecular weight excluding hydrogens is 278 g/mol. The number of benzene rings is 1. The molecule has 0 aliphatic rings. The second-order valence-corrected chi connectivity index (χ2v) is 4.86. The molecule has 2 rings (SSSR count). The maximum atomic E-state index is 12.0. The van der Waals surface area contributed by atoms with Gasteiger partial charge in [-0.15, -0.1) is 0 Å². The number of para-hydroxylation sites is 1. The Balaban J connectivity index is 2.17. The van der Waals surface area contributed by atoms with Gasteiger partial charge in [0.15, 0.2) is 0 Å². The van der Waals surface area contributed by atoms with Gasteiger partial charge in [0.1, 0.15) is 6.54 Å². The summed E-state index contributed by atoms with van der Waals surface area (Å²) in [5.41, 5.74) is 1.77. The Labute approximate surface area is 121 Å². The first kappa shape index (κ1) is 14.3. The number of nitrogens with zero attached hydrogens (tertiary/aromatic N) is 2. The lowest BCUT2D eigenvalue weighted by Gasteiger charge is -2.10. The van der Waals surface area contributed by atoms with Gasteiger partial charge in [0.05, 0.1) is 16.4 Å². The number of carbonyl (C=O) groups excluding carboxylic acids is 1. The maximum Gasteiger partial charge on any atom is 0.267 e. The van der Waals surface area contributed by atoms with E-state index in [0.29, 0.717) is 16.4 Å². The summed E-state index contributed by atoms with van der Waals surface area (Å²) in [6, 6.07) is 8.34. The molecule has 0 saturated carbocycles. The van der Waals surface area contributed by atoms with Crippen molar-refractivity contribution < 1.29 is 4.79 Å². The number of carbonyl (C=O) groups is 1. The lowest BCUT2D eigenvalue weighted by atomic mass is 10.2. The van der Waals surface area contributed by atoms with E-state index in [0.717, 1.165) is 10.2 Å². The van der Waals surface area contributed by atoms with Gasteiger partial charge >= 0.3 is 0 Å². The van der Waals surface area contributed by atoms with Crippen molar-refractivity contribution in [3.63, 3.8) is 0 Å². The van der Waals surface area contributed by atoms with E-state index in [9.17, 15) is 9.59 Å². The van der Waals surface area contributed by atoms with E-state index < -0.39 is 0 Å². The molecule has 1 heterocycles. The minimum absolute atomic E-state index is 0.148. The summed E-state index contributed by atoms with van der Waals surface area (Å²) in [4.78, 5) is 23.6. The predicted molar refractivity (Wildman–Crippen MR) is 78.1 cm³/mol. The SMILES string of the molecule is Cc1ccc(=O)n(CC(=O)Nc2c(C)cccc2Cl)n1. The zero-order valence-corrected chi connectivity index (χ0v) is 11.9. The highest BCUT2D eigenvalue weighted by Crippen LogP contribution is 2.24. The average Bonchev–Trinajstić information content (AvgIpc) is 2.38. The van der Waals surface area contributed by atoms with Gasteiger partial charge in [-0.05, 0) is 31.5 Å². The zero-order valence-electron chi connectivity index (χ0n) is 11.2. The fourth-order valence-electron chi connectivity index (χ4n) is 1.77. The van der Waals surface area contributed by atoms with Crippen LogP contribution in [-0.4, -0.2) is 15.7 Å². The lowest BCUT2D eigenvalue weighted by molar-refractivity contribution is -0.117. The summed E-state index contributed by atoms with van der Waals surface area (Å²) in [5.74, 6) is -0.346. The largest absolute Gasteiger partial charge is 0.323 e. The van der Waals surface area contributed by atoms with E-state index in [1.807, 2.05) is 13.0 Å². The molecule has 0 aliphatic heterocycles. The Hall–Kier alpha value is -2.14. The molecule has 0 atom stereocenters. The molecular formula is C14H14ClN3O2. The molecule has 2 aromatic rings. The van der Waals surface area contributed by atoms with Crippen molar-refractivity contribution in [2.24, 2.45) is 0 Å². The Morgan fingerprint density at radius 2 is 2.05 bits per heavy atom. The van der Waals surface area contributed by atoms with Gasteiger partial charge in [-0.1, -0.05) is 23.7 Å². The van der Waals surface area contributed by atoms with Crippen molar-refractivity contribution in [1.29, 1.82) is 0 Å². The number of anilines is 1. The molecule has 20 heavy (non-hydrogen) atoms. The van der Waals surface area contributed by atoms with E-state index in [1.54, 1.807) is 25.1 Å². The highest BCUT2D eigenvalue weighted by molar-refractivity contribution is 6.33. The zero-order chi connectivity index (χ0) is 14.7. The van der Waals surface area contributed by atoms with Gasteiger partial charge in [0, 0.05) is 6.07 Å². The van der Waals surface area contributed by atoms with Crippen LogP contribution < -0.4 is 10.9 Å². The Kier molecular flexibility index (Phi) is 4.20. The van der Waals surface area contributed by atoms with Gasteiger partial charge in [-0.2, -0.15) is 5.10 Å². The maximum absolute atomic E-state index is 12.0. The number of halogens is 1. The second-order valence-electron chi connectivity index (χ2n) is 4.45. The summed E-state index contributed by atoms with van der Waals surface area (Å²) in [7, 11) is 0. The molecule has 0 radical (unpaired) electrons. The van der Waals surface area contributed by atoms with Crippen LogP contribution in [0.2, 0.25) is 5.02 Å². The molecule has 5 nitrogen and oxygen atoms in total. The first-order valence-electron chi connectivity index (χ1n) is 6.07. The summed E-state index contributed by atoms with van der Waals surface area (Å²) in [6.07, 6.45) is 0. The van der Waals surface area contributed by atoms with Crippen LogP contribution in [0.1, 0.15) is 11.3 Å². The molecule has 1 amide bonds. The lowest BCUT2D eigenvalue weighted by Crippen LogP contribution is -2.29. The topological polar surface area (TPSA) is 64.0 Å². The molecule has 1 aromatic heterocycles. The Morgan fingerprint density at radius 1 is 1.30 bits per heavy atom. The van der Waals surface area contributed by atoms with Crippen molar-refractivity contribution in [3.05, 3.63) is 57.0 Å². The van der Waals surface area contributed by atoms with E-state index in [-0.39, 0.29) is 18.0 Å². The smallest absolute Gasteiger partial charge is 0.267 e. The molecule has 0 saturated heterocycles. The van der Waals surface area contributed by atoms with E-state index in [2.05, 4.69) is 10.4 Å². The normalized spacial score (nSPS) is 10.3. The standard InChI is InChI=1S/C14H14ClN3O2/c1-9-4-3-5-11(15)14(9)16-12(19)8-18-13(20)7-6-10(2)17-18/h3-7H,8H2,1-2H3,(H,16,19). The van der Waals surface area contributed by atoms with Crippen LogP contribution in [0.3, 0.4) is 0 Å². The molecule has 104 valence electrons. The molecule has 1 aromatic carbocycles. The second kappa shape index (κ2) is 5.88. The van der Waals surface area contributed by atoms with Crippen LogP contribution >= 0.6 is 11.6 Å². The molecule has 6 heteroatoms. The third-order valence-corrected chi connectivity index (χ3v) is 3.09. The molecule has 0 aliphatic carbocycles. The van der Waals surface area contributed by atoms with Crippen LogP contribution in [0.25, 0.3) is 0 Å². The van der Waals surface area contributed by atoms with Crippen LogP contribution in [-0.2, 0) is 11.3 Å². The van der Waals surface area contributed by atoms with Crippen LogP contribution in [0.5, 0.6) is 0 Å². The summed E-state index contributed by atoms with van der Waals surface area (Å²) in [5, 5.41) is 7.17. The molecule has 0 spiro atoms. The van der Waals surface area contributed by atoms with Gasteiger partial charge in [0.2, 0.25) is 5.91 Å². The van der Waals surface area contributed by atoms with Gasteiger partial charge in [-0.25, -0.2) is 4.68 Å². The van der Waals surface area contributed by atoms with E-state index >= 15 is 0 Å². The number of nitrogens with one attached hydrogen (secondary N) is 1. The Morgan fingerprint density at radius 3 is 2.75 bits per heavy atom. The first-order chi connectivity index (χ1) is 9.47. The fraction of sp³-hybridized carbons (Fsp3) is 0.214. The summed E-state index contributed by atoms with van der Waals surface area (Å²) < 4.78 is 1.12. The minimum atomic E-state index is -0.346. The average molecular weight is 292 g/mol. The number of aromatic nitrogens is 2. The van der Waals surface area contributed by atoms with Crippen LogP contribution in [0.15, 0.2) is 35.1 Å². The van der Waals surface area contributed by atoms with Crippen molar-refractivity contribution >= 4 is 23.2 Å². The highest BCUT2D eigenvalue weighted by Gasteiger charge is 2.10. The van der Waals surface area contributed by atoms with Crippen LogP contribution in [0.4, 0.5) is 5.69 Å². The Bertz CT molecular complexity index is 690. The van der Waals surface area contributed by atoms with Gasteiger partial charge in [0.25, 0.3) is 5.56 Å². The first-order valence-corrected chi connectivity index (χ1v) is 6.45. The van der Waals surface area contributed by atoms with Crippen molar-refractivity contribution in [2.75, 3.05) is 5.32 Å². The third kappa shape index (κ3) is 3.24. The molecule has 1 N–H and O–H groups in total. The fourth-order valence-corrected chi connectivity index (χ4v) is 2.04. The third-order valence-electron chi connectivity index (χ3n) is 2.78. The van der Waals surface area contributed by atoms with Gasteiger partial charge < -0.3 is 5.32 Å². The van der Waals surface area contributed by atoms with Crippen LogP contribution in [0, 0.1) is 13.8 Å². The van der Waals surface area contributed by atoms with E-state index in [4.69, 9.17) is 11.6 Å². The molecule has 0 fully saturated rings. The predicted octanol–water partition coefficient (Wildman–Crippen LogP) is 2.15. The number of hydrogen-bond acceptors (Lipinski definition) is 3. The monoisotopic (exact) mass is 291 g/mol. The molecule has 0 unspecified atom stereocenters. The van der Waals surface area contributed by atoms with Gasteiger partial charge in [-0.3, -0.25) is 9.59 Å².